The molecule has 0 aliphatic carbocycles. The molecule has 10 rings (SSSR count). The van der Waals surface area contributed by atoms with Gasteiger partial charge in [-0.3, -0.25) is 0 Å². The summed E-state index contributed by atoms with van der Waals surface area (Å²) >= 11 is 0. The van der Waals surface area contributed by atoms with Crippen LogP contribution in [0.5, 0.6) is 0 Å². The Morgan fingerprint density at radius 2 is 1.02 bits per heavy atom. The van der Waals surface area contributed by atoms with Gasteiger partial charge in [-0.25, -0.2) is 0 Å². The Morgan fingerprint density at radius 3 is 1.82 bits per heavy atom. The molecule has 0 saturated carbocycles. The van der Waals surface area contributed by atoms with Crippen molar-refractivity contribution in [3.8, 4) is 27.9 Å². The summed E-state index contributed by atoms with van der Waals surface area (Å²) in [5.74, 6) is 0. The minimum Gasteiger partial charge on any atom is -0.456 e. The molecule has 0 fully saturated rings. The summed E-state index contributed by atoms with van der Waals surface area (Å²) < 4.78 is 15.1. The first-order valence-corrected chi connectivity index (χ1v) is 15.3. The molecule has 0 aliphatic rings. The van der Waals surface area contributed by atoms with Gasteiger partial charge in [-0.05, 0) is 65.2 Å². The Bertz CT molecular complexity index is 2740. The molecule has 0 unspecified atom stereocenters. The third-order valence-electron chi connectivity index (χ3n) is 9.19. The second-order valence-corrected chi connectivity index (χ2v) is 11.7. The minimum atomic E-state index is 0.901. The number of aromatic nitrogens is 1. The second kappa shape index (κ2) is 9.22. The maximum atomic E-state index is 6.42. The number of hydrogen-bond donors (Lipinski definition) is 0. The number of fused-ring (bicyclic) bond motifs is 9. The monoisotopic (exact) mass is 575 g/mol. The number of hydrogen-bond acceptors (Lipinski definition) is 2. The van der Waals surface area contributed by atoms with Crippen LogP contribution < -0.4 is 0 Å². The van der Waals surface area contributed by atoms with Crippen LogP contribution in [-0.2, 0) is 0 Å². The summed E-state index contributed by atoms with van der Waals surface area (Å²) in [7, 11) is 0. The van der Waals surface area contributed by atoms with Gasteiger partial charge in [-0.2, -0.15) is 0 Å². The van der Waals surface area contributed by atoms with Gasteiger partial charge in [0.2, 0.25) is 0 Å². The van der Waals surface area contributed by atoms with E-state index in [4.69, 9.17) is 8.83 Å². The average molecular weight is 576 g/mol. The predicted octanol–water partition coefficient (Wildman–Crippen LogP) is 11.9. The van der Waals surface area contributed by atoms with Gasteiger partial charge in [-0.15, -0.1) is 0 Å². The van der Waals surface area contributed by atoms with Crippen LogP contribution in [0.4, 0.5) is 0 Å². The quantitative estimate of drug-likeness (QED) is 0.210. The Balaban J connectivity index is 1.17. The summed E-state index contributed by atoms with van der Waals surface area (Å²) in [6.07, 6.45) is 0. The number of para-hydroxylation sites is 3. The first kappa shape index (κ1) is 24.4. The molecule has 45 heavy (non-hydrogen) atoms. The van der Waals surface area contributed by atoms with Crippen molar-refractivity contribution in [2.75, 3.05) is 0 Å². The van der Waals surface area contributed by atoms with Gasteiger partial charge < -0.3 is 13.4 Å². The lowest BCUT2D eigenvalue weighted by molar-refractivity contribution is 0.669. The number of rotatable bonds is 3. The van der Waals surface area contributed by atoms with Crippen molar-refractivity contribution in [2.45, 2.75) is 0 Å². The lowest BCUT2D eigenvalue weighted by Gasteiger charge is -2.11. The van der Waals surface area contributed by atoms with Crippen LogP contribution in [0.2, 0.25) is 0 Å². The van der Waals surface area contributed by atoms with Gasteiger partial charge in [0, 0.05) is 49.6 Å². The highest BCUT2D eigenvalue weighted by Gasteiger charge is 2.18. The largest absolute Gasteiger partial charge is 0.456 e. The van der Waals surface area contributed by atoms with Gasteiger partial charge in [0.05, 0.1) is 11.0 Å². The molecule has 0 bridgehead atoms. The highest BCUT2D eigenvalue weighted by atomic mass is 16.3. The fraction of sp³-hybridized carbons (Fsp3) is 0. The molecular weight excluding hydrogens is 550 g/mol. The first-order valence-electron chi connectivity index (χ1n) is 15.3. The third kappa shape index (κ3) is 3.58. The molecule has 0 saturated heterocycles. The maximum absolute atomic E-state index is 6.42. The molecule has 0 aliphatic heterocycles. The highest BCUT2D eigenvalue weighted by molar-refractivity contribution is 6.17. The molecule has 3 heterocycles. The van der Waals surface area contributed by atoms with E-state index in [9.17, 15) is 0 Å². The zero-order chi connectivity index (χ0) is 29.5. The van der Waals surface area contributed by atoms with Crippen LogP contribution in [0, 0.1) is 0 Å². The van der Waals surface area contributed by atoms with Crippen molar-refractivity contribution < 1.29 is 8.83 Å². The van der Waals surface area contributed by atoms with Crippen molar-refractivity contribution in [3.05, 3.63) is 152 Å². The Labute approximate surface area is 258 Å². The highest BCUT2D eigenvalue weighted by Crippen LogP contribution is 2.41. The van der Waals surface area contributed by atoms with E-state index in [2.05, 4.69) is 132 Å². The molecule has 210 valence electrons. The van der Waals surface area contributed by atoms with Crippen molar-refractivity contribution in [3.63, 3.8) is 0 Å². The van der Waals surface area contributed by atoms with E-state index in [-0.39, 0.29) is 0 Å². The topological polar surface area (TPSA) is 31.2 Å². The van der Waals surface area contributed by atoms with Crippen LogP contribution in [0.25, 0.3) is 93.6 Å². The molecule has 0 N–H and O–H groups in total. The van der Waals surface area contributed by atoms with Gasteiger partial charge in [0.25, 0.3) is 0 Å². The summed E-state index contributed by atoms with van der Waals surface area (Å²) in [5, 5.41) is 7.00. The minimum absolute atomic E-state index is 0.901. The number of furan rings is 2. The van der Waals surface area contributed by atoms with E-state index in [1.165, 1.54) is 16.3 Å². The number of benzene rings is 7. The van der Waals surface area contributed by atoms with Crippen molar-refractivity contribution in [1.82, 2.24) is 4.57 Å². The molecule has 0 amide bonds. The zero-order valence-corrected chi connectivity index (χ0v) is 24.2. The van der Waals surface area contributed by atoms with Crippen molar-refractivity contribution in [1.29, 1.82) is 0 Å². The van der Waals surface area contributed by atoms with E-state index in [0.717, 1.165) is 77.3 Å². The van der Waals surface area contributed by atoms with E-state index >= 15 is 0 Å². The van der Waals surface area contributed by atoms with Gasteiger partial charge in [0.1, 0.15) is 22.3 Å². The van der Waals surface area contributed by atoms with E-state index in [1.54, 1.807) is 0 Å². The molecule has 0 atom stereocenters. The molecular formula is C42H25NO2. The van der Waals surface area contributed by atoms with E-state index in [0.29, 0.717) is 0 Å². The van der Waals surface area contributed by atoms with Gasteiger partial charge in [-0.1, -0.05) is 97.1 Å². The normalized spacial score (nSPS) is 12.0. The molecule has 3 heteroatoms. The Hall–Kier alpha value is -6.06. The summed E-state index contributed by atoms with van der Waals surface area (Å²) in [4.78, 5) is 0. The molecule has 7 aromatic carbocycles. The average Bonchev–Trinajstić information content (AvgIpc) is 3.76. The van der Waals surface area contributed by atoms with Crippen molar-refractivity contribution >= 4 is 65.7 Å². The van der Waals surface area contributed by atoms with E-state index < -0.39 is 0 Å². The lowest BCUT2D eigenvalue weighted by atomic mass is 9.95. The standard InChI is InChI=1S/C42H25NO2/c1-2-10-27(11-3-1)33-22-28(23-36-32-14-6-9-17-40(32)45-42(33)36)26-18-20-29(21-19-26)43-37-15-7-4-12-30(37)34-24-35-31-13-5-8-16-39(31)44-41(35)25-38(34)43/h1-25H. The zero-order valence-electron chi connectivity index (χ0n) is 24.2. The van der Waals surface area contributed by atoms with Crippen LogP contribution in [0.3, 0.4) is 0 Å². The fourth-order valence-corrected chi connectivity index (χ4v) is 7.09. The van der Waals surface area contributed by atoms with Gasteiger partial charge in [0.15, 0.2) is 0 Å². The first-order chi connectivity index (χ1) is 22.3. The van der Waals surface area contributed by atoms with E-state index in [1.807, 2.05) is 24.3 Å². The predicted molar refractivity (Wildman–Crippen MR) is 186 cm³/mol. The van der Waals surface area contributed by atoms with Crippen LogP contribution >= 0.6 is 0 Å². The summed E-state index contributed by atoms with van der Waals surface area (Å²) in [6.45, 7) is 0. The SMILES string of the molecule is c1ccc(-c2cc(-c3ccc(-n4c5ccccc5c5cc6c(cc54)oc4ccccc46)cc3)cc3c2oc2ccccc23)cc1. The number of nitrogens with zero attached hydrogens (tertiary/aromatic N) is 1. The van der Waals surface area contributed by atoms with Gasteiger partial charge >= 0.3 is 0 Å². The lowest BCUT2D eigenvalue weighted by Crippen LogP contribution is -1.93. The molecule has 3 nitrogen and oxygen atoms in total. The maximum Gasteiger partial charge on any atom is 0.143 e. The molecule has 3 aromatic heterocycles. The fourth-order valence-electron chi connectivity index (χ4n) is 7.09. The Morgan fingerprint density at radius 1 is 0.356 bits per heavy atom. The smallest absolute Gasteiger partial charge is 0.143 e. The third-order valence-corrected chi connectivity index (χ3v) is 9.19. The van der Waals surface area contributed by atoms with Crippen molar-refractivity contribution in [2.24, 2.45) is 0 Å². The molecule has 10 aromatic rings. The van der Waals surface area contributed by atoms with Crippen LogP contribution in [0.15, 0.2) is 160 Å². The molecule has 0 spiro atoms. The summed E-state index contributed by atoms with van der Waals surface area (Å²) in [6, 6.07) is 53.6. The Kier molecular flexibility index (Phi) is 5.00. The van der Waals surface area contributed by atoms with Crippen LogP contribution in [-0.4, -0.2) is 4.57 Å². The summed E-state index contributed by atoms with van der Waals surface area (Å²) in [5.41, 5.74) is 11.6. The van der Waals surface area contributed by atoms with Crippen LogP contribution in [0.1, 0.15) is 0 Å². The molecule has 0 radical (unpaired) electrons. The second-order valence-electron chi connectivity index (χ2n) is 11.7.